The van der Waals surface area contributed by atoms with Crippen molar-refractivity contribution in [3.8, 4) is 17.1 Å². The largest absolute Gasteiger partial charge is 0.506 e. The van der Waals surface area contributed by atoms with Gasteiger partial charge < -0.3 is 9.67 Å². The standard InChI is InChI=1S/C19H17Br2N5O2S/c1-2-26-18(12-6-4-3-5-7-12)24-25-19(26)29-11-16(27)23-22-10-13-8-14(20)9-15(21)17(13)28/h3-10,28H,2,11H2,1H3,(H,23,27)/b22-10-. The molecule has 2 aromatic carbocycles. The van der Waals surface area contributed by atoms with E-state index in [-0.39, 0.29) is 17.4 Å². The third kappa shape index (κ3) is 5.46. The monoisotopic (exact) mass is 537 g/mol. The van der Waals surface area contributed by atoms with Gasteiger partial charge in [-0.1, -0.05) is 58.0 Å². The maximum absolute atomic E-state index is 12.1. The number of hydrogen-bond acceptors (Lipinski definition) is 6. The fraction of sp³-hybridized carbons (Fsp3) is 0.158. The Balaban J connectivity index is 1.61. The maximum Gasteiger partial charge on any atom is 0.250 e. The Morgan fingerprint density at radius 1 is 1.28 bits per heavy atom. The summed E-state index contributed by atoms with van der Waals surface area (Å²) in [7, 11) is 0. The van der Waals surface area contributed by atoms with E-state index in [9.17, 15) is 9.90 Å². The molecule has 10 heteroatoms. The number of halogens is 2. The molecule has 29 heavy (non-hydrogen) atoms. The first-order valence-corrected chi connectivity index (χ1v) is 11.2. The Hall–Kier alpha value is -2.17. The van der Waals surface area contributed by atoms with E-state index in [4.69, 9.17) is 0 Å². The van der Waals surface area contributed by atoms with E-state index in [0.717, 1.165) is 15.9 Å². The number of phenolic OH excluding ortho intramolecular Hbond substituents is 1. The number of amides is 1. The average Bonchev–Trinajstić information content (AvgIpc) is 3.13. The molecule has 150 valence electrons. The number of thioether (sulfide) groups is 1. The predicted molar refractivity (Wildman–Crippen MR) is 121 cm³/mol. The zero-order chi connectivity index (χ0) is 20.8. The number of nitrogens with zero attached hydrogens (tertiary/aromatic N) is 4. The van der Waals surface area contributed by atoms with Gasteiger partial charge in [-0.2, -0.15) is 5.10 Å². The Bertz CT molecular complexity index is 1040. The van der Waals surface area contributed by atoms with Gasteiger partial charge in [-0.3, -0.25) is 4.79 Å². The first kappa shape index (κ1) is 21.5. The molecule has 2 N–H and O–H groups in total. The molecule has 0 spiro atoms. The molecule has 3 rings (SSSR count). The highest BCUT2D eigenvalue weighted by Gasteiger charge is 2.14. The molecule has 0 fully saturated rings. The van der Waals surface area contributed by atoms with E-state index in [1.807, 2.05) is 41.8 Å². The Morgan fingerprint density at radius 2 is 2.03 bits per heavy atom. The Labute approximate surface area is 188 Å². The lowest BCUT2D eigenvalue weighted by Crippen LogP contribution is -2.20. The van der Waals surface area contributed by atoms with E-state index < -0.39 is 0 Å². The summed E-state index contributed by atoms with van der Waals surface area (Å²) in [6.45, 7) is 2.70. The van der Waals surface area contributed by atoms with Gasteiger partial charge in [0.15, 0.2) is 11.0 Å². The molecule has 0 aliphatic heterocycles. The molecule has 0 atom stereocenters. The van der Waals surface area contributed by atoms with Crippen LogP contribution in [0.1, 0.15) is 12.5 Å². The minimum absolute atomic E-state index is 0.0464. The van der Waals surface area contributed by atoms with E-state index >= 15 is 0 Å². The van der Waals surface area contributed by atoms with Crippen molar-refractivity contribution in [2.75, 3.05) is 5.75 Å². The highest BCUT2D eigenvalue weighted by atomic mass is 79.9. The molecule has 0 aliphatic rings. The molecular weight excluding hydrogens is 522 g/mol. The van der Waals surface area contributed by atoms with Crippen LogP contribution in [0.4, 0.5) is 0 Å². The minimum atomic E-state index is -0.285. The second-order valence-corrected chi connectivity index (χ2v) is 8.54. The van der Waals surface area contributed by atoms with Crippen LogP contribution in [0.15, 0.2) is 61.7 Å². The Morgan fingerprint density at radius 3 is 2.76 bits per heavy atom. The maximum atomic E-state index is 12.1. The zero-order valence-electron chi connectivity index (χ0n) is 15.3. The normalized spacial score (nSPS) is 11.1. The summed E-state index contributed by atoms with van der Waals surface area (Å²) in [5, 5.41) is 23.0. The zero-order valence-corrected chi connectivity index (χ0v) is 19.3. The van der Waals surface area contributed by atoms with Gasteiger partial charge in [0.05, 0.1) is 16.4 Å². The van der Waals surface area contributed by atoms with Crippen LogP contribution >= 0.6 is 43.6 Å². The number of hydrazone groups is 1. The third-order valence-electron chi connectivity index (χ3n) is 3.85. The number of aromatic hydroxyl groups is 1. The lowest BCUT2D eigenvalue weighted by atomic mass is 10.2. The molecule has 0 saturated heterocycles. The molecule has 3 aromatic rings. The summed E-state index contributed by atoms with van der Waals surface area (Å²) in [6, 6.07) is 13.2. The number of phenols is 1. The van der Waals surface area contributed by atoms with Gasteiger partial charge in [0.2, 0.25) is 0 Å². The lowest BCUT2D eigenvalue weighted by molar-refractivity contribution is -0.118. The molecule has 0 bridgehead atoms. The third-order valence-corrected chi connectivity index (χ3v) is 5.88. The number of carbonyl (C=O) groups excluding carboxylic acids is 1. The van der Waals surface area contributed by atoms with Crippen molar-refractivity contribution in [1.82, 2.24) is 20.2 Å². The number of hydrogen-bond donors (Lipinski definition) is 2. The summed E-state index contributed by atoms with van der Waals surface area (Å²) >= 11 is 7.88. The van der Waals surface area contributed by atoms with Gasteiger partial charge in [-0.15, -0.1) is 10.2 Å². The van der Waals surface area contributed by atoms with Crippen LogP contribution in [0.2, 0.25) is 0 Å². The van der Waals surface area contributed by atoms with Crippen LogP contribution < -0.4 is 5.43 Å². The van der Waals surface area contributed by atoms with Crippen molar-refractivity contribution in [2.24, 2.45) is 5.10 Å². The van der Waals surface area contributed by atoms with Gasteiger partial charge >= 0.3 is 0 Å². The molecule has 0 unspecified atom stereocenters. The molecule has 1 aromatic heterocycles. The van der Waals surface area contributed by atoms with E-state index in [1.165, 1.54) is 18.0 Å². The highest BCUT2D eigenvalue weighted by Crippen LogP contribution is 2.30. The van der Waals surface area contributed by atoms with E-state index in [0.29, 0.717) is 21.7 Å². The van der Waals surface area contributed by atoms with Crippen molar-refractivity contribution < 1.29 is 9.90 Å². The van der Waals surface area contributed by atoms with Crippen molar-refractivity contribution in [1.29, 1.82) is 0 Å². The smallest absolute Gasteiger partial charge is 0.250 e. The van der Waals surface area contributed by atoms with Gasteiger partial charge in [-0.25, -0.2) is 5.43 Å². The fourth-order valence-corrected chi connectivity index (χ4v) is 4.55. The molecule has 1 amide bonds. The van der Waals surface area contributed by atoms with Crippen molar-refractivity contribution in [2.45, 2.75) is 18.6 Å². The molecule has 1 heterocycles. The van der Waals surface area contributed by atoms with Gasteiger partial charge in [0.25, 0.3) is 5.91 Å². The first-order chi connectivity index (χ1) is 14.0. The quantitative estimate of drug-likeness (QED) is 0.263. The Kier molecular flexibility index (Phi) is 7.45. The van der Waals surface area contributed by atoms with Crippen LogP contribution in [-0.2, 0) is 11.3 Å². The predicted octanol–water partition coefficient (Wildman–Crippen LogP) is 4.44. The minimum Gasteiger partial charge on any atom is -0.506 e. The lowest BCUT2D eigenvalue weighted by Gasteiger charge is -2.07. The van der Waals surface area contributed by atoms with Gasteiger partial charge in [-0.05, 0) is 35.0 Å². The molecule has 7 nitrogen and oxygen atoms in total. The van der Waals surface area contributed by atoms with Crippen molar-refractivity contribution in [3.05, 3.63) is 57.0 Å². The van der Waals surface area contributed by atoms with Crippen molar-refractivity contribution >= 4 is 55.7 Å². The summed E-state index contributed by atoms with van der Waals surface area (Å²) in [4.78, 5) is 12.1. The number of benzene rings is 2. The molecule has 0 radical (unpaired) electrons. The van der Waals surface area contributed by atoms with Crippen LogP contribution in [0, 0.1) is 0 Å². The summed E-state index contributed by atoms with van der Waals surface area (Å²) < 4.78 is 3.27. The number of rotatable bonds is 7. The second-order valence-electron chi connectivity index (χ2n) is 5.82. The fourth-order valence-electron chi connectivity index (χ4n) is 2.50. The molecular formula is C19H17Br2N5O2S. The number of nitrogens with one attached hydrogen (secondary N) is 1. The molecule has 0 aliphatic carbocycles. The van der Waals surface area contributed by atoms with Gasteiger partial charge in [0, 0.05) is 22.1 Å². The topological polar surface area (TPSA) is 92.4 Å². The van der Waals surface area contributed by atoms with E-state index in [1.54, 1.807) is 12.1 Å². The van der Waals surface area contributed by atoms with Crippen LogP contribution in [0.25, 0.3) is 11.4 Å². The first-order valence-electron chi connectivity index (χ1n) is 8.61. The number of carbonyl (C=O) groups is 1. The van der Waals surface area contributed by atoms with Crippen LogP contribution in [-0.4, -0.2) is 37.7 Å². The average molecular weight is 539 g/mol. The molecule has 0 saturated carbocycles. The summed E-state index contributed by atoms with van der Waals surface area (Å²) in [6.07, 6.45) is 1.38. The second kappa shape index (κ2) is 10.0. The highest BCUT2D eigenvalue weighted by molar-refractivity contribution is 9.11. The number of aromatic nitrogens is 3. The van der Waals surface area contributed by atoms with Crippen LogP contribution in [0.3, 0.4) is 0 Å². The summed E-state index contributed by atoms with van der Waals surface area (Å²) in [5.74, 6) is 0.667. The SMILES string of the molecule is CCn1c(SCC(=O)N/N=C\c2cc(Br)cc(Br)c2O)nnc1-c1ccccc1. The van der Waals surface area contributed by atoms with Crippen LogP contribution in [0.5, 0.6) is 5.75 Å². The summed E-state index contributed by atoms with van der Waals surface area (Å²) in [5.41, 5.74) is 3.90. The van der Waals surface area contributed by atoms with E-state index in [2.05, 4.69) is 52.6 Å². The van der Waals surface area contributed by atoms with Gasteiger partial charge in [0.1, 0.15) is 5.75 Å². The van der Waals surface area contributed by atoms with Crippen molar-refractivity contribution in [3.63, 3.8) is 0 Å².